The van der Waals surface area contributed by atoms with Crippen molar-refractivity contribution in [1.82, 2.24) is 0 Å². The van der Waals surface area contributed by atoms with Gasteiger partial charge in [-0.3, -0.25) is 4.79 Å². The summed E-state index contributed by atoms with van der Waals surface area (Å²) in [5, 5.41) is 14.4. The lowest BCUT2D eigenvalue weighted by atomic mass is 10.3. The Morgan fingerprint density at radius 2 is 1.70 bits per heavy atom. The average Bonchev–Trinajstić information content (AvgIpc) is 2.78. The molecule has 0 bridgehead atoms. The summed E-state index contributed by atoms with van der Waals surface area (Å²) in [6.07, 6.45) is 0. The van der Waals surface area contributed by atoms with Gasteiger partial charge in [0.05, 0.1) is 23.4 Å². The van der Waals surface area contributed by atoms with Crippen molar-refractivity contribution in [1.29, 1.82) is 0 Å². The minimum Gasteiger partial charge on any atom is -0.495 e. The van der Waals surface area contributed by atoms with Gasteiger partial charge in [-0.15, -0.1) is 11.8 Å². The van der Waals surface area contributed by atoms with Crippen molar-refractivity contribution in [3.8, 4) is 5.75 Å². The van der Waals surface area contributed by atoms with Crippen molar-refractivity contribution in [2.45, 2.75) is 9.79 Å². The fourth-order valence-corrected chi connectivity index (χ4v) is 4.27. The number of thioether (sulfide) groups is 1. The molecule has 0 aliphatic rings. The van der Waals surface area contributed by atoms with Crippen LogP contribution in [0, 0.1) is 0 Å². The third kappa shape index (κ3) is 7.46. The number of rotatable bonds is 8. The van der Waals surface area contributed by atoms with E-state index in [2.05, 4.69) is 16.0 Å². The normalized spacial score (nSPS) is 10.8. The van der Waals surface area contributed by atoms with E-state index in [1.165, 1.54) is 36.0 Å². The van der Waals surface area contributed by atoms with Gasteiger partial charge in [-0.05, 0) is 66.8 Å². The molecule has 0 aliphatic heterocycles. The predicted molar refractivity (Wildman–Crippen MR) is 136 cm³/mol. The molecular weight excluding hydrogens is 480 g/mol. The van der Waals surface area contributed by atoms with Gasteiger partial charge < -0.3 is 20.7 Å². The number of hydrogen-bond acceptors (Lipinski definition) is 6. The Morgan fingerprint density at radius 1 is 0.970 bits per heavy atom. The van der Waals surface area contributed by atoms with Crippen LogP contribution in [0.3, 0.4) is 0 Å². The zero-order chi connectivity index (χ0) is 23.8. The SMILES string of the molecule is COc1ccccc1NC(=S)Nc1cccc(SCC(=O)Nc2ccc(S(N)(=O)=O)cc2)c1. The minimum absolute atomic E-state index is 0.0164. The van der Waals surface area contributed by atoms with Crippen molar-refractivity contribution in [2.75, 3.05) is 28.8 Å². The Hall–Kier alpha value is -3.12. The third-order valence-corrected chi connectivity index (χ3v) is 6.41. The van der Waals surface area contributed by atoms with E-state index in [9.17, 15) is 13.2 Å². The predicted octanol–water partition coefficient (Wildman–Crippen LogP) is 3.88. The summed E-state index contributed by atoms with van der Waals surface area (Å²) in [4.78, 5) is 13.1. The number of hydrogen-bond donors (Lipinski definition) is 4. The molecule has 5 N–H and O–H groups in total. The molecule has 3 aromatic rings. The number of carbonyl (C=O) groups is 1. The van der Waals surface area contributed by atoms with Crippen LogP contribution < -0.4 is 25.8 Å². The smallest absolute Gasteiger partial charge is 0.238 e. The highest BCUT2D eigenvalue weighted by atomic mass is 32.2. The van der Waals surface area contributed by atoms with Gasteiger partial charge in [-0.2, -0.15) is 0 Å². The highest BCUT2D eigenvalue weighted by Gasteiger charge is 2.09. The number of nitrogens with two attached hydrogens (primary N) is 1. The van der Waals surface area contributed by atoms with Gasteiger partial charge in [0.2, 0.25) is 15.9 Å². The van der Waals surface area contributed by atoms with Crippen molar-refractivity contribution in [2.24, 2.45) is 5.14 Å². The highest BCUT2D eigenvalue weighted by molar-refractivity contribution is 8.00. The molecule has 3 rings (SSSR count). The number of anilines is 3. The van der Waals surface area contributed by atoms with E-state index >= 15 is 0 Å². The topological polar surface area (TPSA) is 123 Å². The average molecular weight is 503 g/mol. The van der Waals surface area contributed by atoms with Crippen molar-refractivity contribution >= 4 is 62.1 Å². The largest absolute Gasteiger partial charge is 0.495 e. The molecule has 0 saturated heterocycles. The van der Waals surface area contributed by atoms with Crippen LogP contribution in [0.15, 0.2) is 82.6 Å². The molecule has 11 heteroatoms. The lowest BCUT2D eigenvalue weighted by molar-refractivity contribution is -0.113. The van der Waals surface area contributed by atoms with Gasteiger partial charge >= 0.3 is 0 Å². The van der Waals surface area contributed by atoms with Crippen LogP contribution in [0.1, 0.15) is 0 Å². The number of nitrogens with one attached hydrogen (secondary N) is 3. The number of amides is 1. The second-order valence-electron chi connectivity index (χ2n) is 6.71. The van der Waals surface area contributed by atoms with Gasteiger partial charge in [0.1, 0.15) is 5.75 Å². The number of thiocarbonyl (C=S) groups is 1. The summed E-state index contributed by atoms with van der Waals surface area (Å²) < 4.78 is 27.9. The Balaban J connectivity index is 1.53. The maximum absolute atomic E-state index is 12.3. The Morgan fingerprint density at radius 3 is 2.39 bits per heavy atom. The first-order valence-corrected chi connectivity index (χ1v) is 12.6. The zero-order valence-electron chi connectivity index (χ0n) is 17.6. The van der Waals surface area contributed by atoms with E-state index < -0.39 is 10.0 Å². The van der Waals surface area contributed by atoms with E-state index in [1.54, 1.807) is 7.11 Å². The Bertz CT molecular complexity index is 1250. The fourth-order valence-electron chi connectivity index (χ4n) is 2.77. The van der Waals surface area contributed by atoms with Gasteiger partial charge in [-0.1, -0.05) is 18.2 Å². The molecule has 3 aromatic carbocycles. The third-order valence-electron chi connectivity index (χ3n) is 4.28. The molecule has 0 unspecified atom stereocenters. The molecule has 8 nitrogen and oxygen atoms in total. The molecule has 33 heavy (non-hydrogen) atoms. The summed E-state index contributed by atoms with van der Waals surface area (Å²) in [6.45, 7) is 0. The molecule has 1 amide bonds. The van der Waals surface area contributed by atoms with Gasteiger partial charge in [0, 0.05) is 16.3 Å². The van der Waals surface area contributed by atoms with Crippen LogP contribution in [-0.2, 0) is 14.8 Å². The quantitative estimate of drug-likeness (QED) is 0.270. The number of ether oxygens (including phenoxy) is 1. The van der Waals surface area contributed by atoms with Crippen molar-refractivity contribution in [3.05, 3.63) is 72.8 Å². The molecule has 0 radical (unpaired) electrons. The molecular formula is C22H22N4O4S3. The van der Waals surface area contributed by atoms with E-state index in [0.29, 0.717) is 16.5 Å². The lowest BCUT2D eigenvalue weighted by Gasteiger charge is -2.13. The second-order valence-corrected chi connectivity index (χ2v) is 9.73. The second kappa shape index (κ2) is 11.1. The number of methoxy groups -OCH3 is 1. The highest BCUT2D eigenvalue weighted by Crippen LogP contribution is 2.25. The summed E-state index contributed by atoms with van der Waals surface area (Å²) in [7, 11) is -2.18. The van der Waals surface area contributed by atoms with E-state index in [1.807, 2.05) is 48.5 Å². The lowest BCUT2D eigenvalue weighted by Crippen LogP contribution is -2.19. The standard InChI is InChI=1S/C22H22N4O4S3/c1-30-20-8-3-2-7-19(20)26-22(31)25-16-5-4-6-17(13-16)32-14-21(27)24-15-9-11-18(12-10-15)33(23,28)29/h2-13H,14H2,1H3,(H,24,27)(H2,23,28,29)(H2,25,26,31). The zero-order valence-corrected chi connectivity index (χ0v) is 20.0. The molecule has 0 spiro atoms. The molecule has 0 fully saturated rings. The van der Waals surface area contributed by atoms with E-state index in [4.69, 9.17) is 22.1 Å². The Labute approximate surface area is 202 Å². The van der Waals surface area contributed by atoms with Crippen molar-refractivity contribution < 1.29 is 17.9 Å². The monoisotopic (exact) mass is 502 g/mol. The molecule has 0 atom stereocenters. The number of para-hydroxylation sites is 2. The van der Waals surface area contributed by atoms with Crippen LogP contribution in [0.2, 0.25) is 0 Å². The van der Waals surface area contributed by atoms with Gasteiger partial charge in [0.25, 0.3) is 0 Å². The number of primary sulfonamides is 1. The summed E-state index contributed by atoms with van der Waals surface area (Å²) >= 11 is 6.74. The molecule has 0 saturated carbocycles. The minimum atomic E-state index is -3.77. The van der Waals surface area contributed by atoms with Crippen LogP contribution >= 0.6 is 24.0 Å². The van der Waals surface area contributed by atoms with E-state index in [-0.39, 0.29) is 16.6 Å². The number of benzene rings is 3. The molecule has 0 aromatic heterocycles. The van der Waals surface area contributed by atoms with Crippen molar-refractivity contribution in [3.63, 3.8) is 0 Å². The maximum atomic E-state index is 12.3. The molecule has 0 aliphatic carbocycles. The van der Waals surface area contributed by atoms with Crippen LogP contribution in [-0.4, -0.2) is 32.3 Å². The van der Waals surface area contributed by atoms with Gasteiger partial charge in [-0.25, -0.2) is 13.6 Å². The first-order valence-electron chi connectivity index (χ1n) is 9.61. The maximum Gasteiger partial charge on any atom is 0.238 e. The first kappa shape index (κ1) is 24.5. The number of sulfonamides is 1. The van der Waals surface area contributed by atoms with Crippen LogP contribution in [0.5, 0.6) is 5.75 Å². The summed E-state index contributed by atoms with van der Waals surface area (Å²) in [5.41, 5.74) is 2.00. The van der Waals surface area contributed by atoms with Gasteiger partial charge in [0.15, 0.2) is 5.11 Å². The van der Waals surface area contributed by atoms with Crippen LogP contribution in [0.4, 0.5) is 17.1 Å². The Kier molecular flexibility index (Phi) is 8.28. The molecule has 172 valence electrons. The summed E-state index contributed by atoms with van der Waals surface area (Å²) in [5.74, 6) is 0.621. The number of carbonyl (C=O) groups excluding carboxylic acids is 1. The van der Waals surface area contributed by atoms with E-state index in [0.717, 1.165) is 16.3 Å². The van der Waals surface area contributed by atoms with Crippen LogP contribution in [0.25, 0.3) is 0 Å². The molecule has 0 heterocycles. The summed E-state index contributed by atoms with van der Waals surface area (Å²) in [6, 6.07) is 20.6. The first-order chi connectivity index (χ1) is 15.7. The fraction of sp³-hybridized carbons (Fsp3) is 0.0909.